The molecule has 0 N–H and O–H groups in total. The van der Waals surface area contributed by atoms with Gasteiger partial charge in [-0.2, -0.15) is 0 Å². The Morgan fingerprint density at radius 3 is 2.80 bits per heavy atom. The average Bonchev–Trinajstić information content (AvgIpc) is 2.80. The van der Waals surface area contributed by atoms with Crippen LogP contribution in [-0.2, 0) is 11.3 Å². The Bertz CT molecular complexity index is 620. The van der Waals surface area contributed by atoms with Crippen LogP contribution < -0.4 is 0 Å². The standard InChI is InChI=1S/C14H14BrN3O2/c1-3-8-20-14(19)13-10(2)18(17-16-13)9-11-4-6-12(15)7-5-11/h3-7H,1,8-9H2,2H3. The lowest BCUT2D eigenvalue weighted by molar-refractivity contribution is 0.0542. The second kappa shape index (κ2) is 6.47. The number of carbonyl (C=O) groups is 1. The van der Waals surface area contributed by atoms with Crippen LogP contribution in [0.4, 0.5) is 0 Å². The molecule has 2 rings (SSSR count). The first-order chi connectivity index (χ1) is 9.61. The fraction of sp³-hybridized carbons (Fsp3) is 0.214. The molecule has 2 aromatic rings. The third-order valence-electron chi connectivity index (χ3n) is 2.75. The largest absolute Gasteiger partial charge is 0.457 e. The third kappa shape index (κ3) is 3.33. The molecule has 0 saturated heterocycles. The number of aromatic nitrogens is 3. The normalized spacial score (nSPS) is 10.3. The summed E-state index contributed by atoms with van der Waals surface area (Å²) in [6.45, 7) is 6.01. The van der Waals surface area contributed by atoms with Gasteiger partial charge in [0, 0.05) is 4.47 Å². The summed E-state index contributed by atoms with van der Waals surface area (Å²) >= 11 is 3.39. The topological polar surface area (TPSA) is 57.0 Å². The lowest BCUT2D eigenvalue weighted by Crippen LogP contribution is -2.09. The van der Waals surface area contributed by atoms with E-state index in [-0.39, 0.29) is 12.3 Å². The zero-order valence-corrected chi connectivity index (χ0v) is 12.6. The van der Waals surface area contributed by atoms with E-state index in [1.807, 2.05) is 24.3 Å². The molecule has 1 aromatic carbocycles. The Balaban J connectivity index is 2.14. The summed E-state index contributed by atoms with van der Waals surface area (Å²) in [4.78, 5) is 11.7. The average molecular weight is 336 g/mol. The molecule has 0 atom stereocenters. The van der Waals surface area contributed by atoms with E-state index in [0.717, 1.165) is 10.0 Å². The molecule has 1 heterocycles. The first kappa shape index (κ1) is 14.5. The number of nitrogens with zero attached hydrogens (tertiary/aromatic N) is 3. The van der Waals surface area contributed by atoms with Crippen molar-refractivity contribution in [2.24, 2.45) is 0 Å². The molecule has 20 heavy (non-hydrogen) atoms. The molecule has 0 radical (unpaired) electrons. The smallest absolute Gasteiger partial charge is 0.361 e. The Morgan fingerprint density at radius 2 is 2.15 bits per heavy atom. The molecular weight excluding hydrogens is 322 g/mol. The van der Waals surface area contributed by atoms with Crippen LogP contribution in [0.5, 0.6) is 0 Å². The Morgan fingerprint density at radius 1 is 1.45 bits per heavy atom. The number of carbonyl (C=O) groups excluding carboxylic acids is 1. The maximum Gasteiger partial charge on any atom is 0.361 e. The van der Waals surface area contributed by atoms with Gasteiger partial charge in [-0.25, -0.2) is 9.48 Å². The lowest BCUT2D eigenvalue weighted by atomic mass is 10.2. The number of hydrogen-bond donors (Lipinski definition) is 0. The minimum Gasteiger partial charge on any atom is -0.457 e. The summed E-state index contributed by atoms with van der Waals surface area (Å²) in [6.07, 6.45) is 1.51. The molecule has 5 nitrogen and oxygen atoms in total. The highest BCUT2D eigenvalue weighted by atomic mass is 79.9. The molecule has 0 aliphatic carbocycles. The molecule has 1 aromatic heterocycles. The highest BCUT2D eigenvalue weighted by Crippen LogP contribution is 2.13. The first-order valence-electron chi connectivity index (χ1n) is 6.04. The minimum absolute atomic E-state index is 0.165. The van der Waals surface area contributed by atoms with Crippen molar-refractivity contribution in [3.05, 3.63) is 58.3 Å². The van der Waals surface area contributed by atoms with Crippen molar-refractivity contribution in [2.75, 3.05) is 6.61 Å². The molecule has 0 bridgehead atoms. The Hall–Kier alpha value is -1.95. The van der Waals surface area contributed by atoms with Gasteiger partial charge in [-0.05, 0) is 24.6 Å². The maximum absolute atomic E-state index is 11.7. The highest BCUT2D eigenvalue weighted by Gasteiger charge is 2.17. The molecule has 0 aliphatic heterocycles. The molecule has 6 heteroatoms. The second-order valence-corrected chi connectivity index (χ2v) is 5.11. The molecule has 0 saturated carbocycles. The van der Waals surface area contributed by atoms with Crippen LogP contribution in [0.25, 0.3) is 0 Å². The number of hydrogen-bond acceptors (Lipinski definition) is 4. The molecule has 0 fully saturated rings. The molecule has 0 spiro atoms. The fourth-order valence-corrected chi connectivity index (χ4v) is 1.93. The third-order valence-corrected chi connectivity index (χ3v) is 3.28. The quantitative estimate of drug-likeness (QED) is 0.622. The molecule has 0 amide bonds. The van der Waals surface area contributed by atoms with Crippen LogP contribution in [0.1, 0.15) is 21.7 Å². The summed E-state index contributed by atoms with van der Waals surface area (Å²) in [7, 11) is 0. The highest BCUT2D eigenvalue weighted by molar-refractivity contribution is 9.10. The monoisotopic (exact) mass is 335 g/mol. The maximum atomic E-state index is 11.7. The number of esters is 1. The second-order valence-electron chi connectivity index (χ2n) is 4.19. The van der Waals surface area contributed by atoms with Crippen LogP contribution >= 0.6 is 15.9 Å². The van der Waals surface area contributed by atoms with Gasteiger partial charge in [0.2, 0.25) is 0 Å². The van der Waals surface area contributed by atoms with E-state index in [9.17, 15) is 4.79 Å². The summed E-state index contributed by atoms with van der Waals surface area (Å²) < 4.78 is 7.65. The lowest BCUT2D eigenvalue weighted by Gasteiger charge is -2.04. The van der Waals surface area contributed by atoms with Gasteiger partial charge in [-0.3, -0.25) is 0 Å². The fourth-order valence-electron chi connectivity index (χ4n) is 1.66. The van der Waals surface area contributed by atoms with E-state index in [1.54, 1.807) is 11.6 Å². The predicted molar refractivity (Wildman–Crippen MR) is 78.5 cm³/mol. The summed E-state index contributed by atoms with van der Waals surface area (Å²) in [5.41, 5.74) is 2.00. The van der Waals surface area contributed by atoms with Gasteiger partial charge < -0.3 is 4.74 Å². The molecular formula is C14H14BrN3O2. The van der Waals surface area contributed by atoms with Gasteiger partial charge in [0.15, 0.2) is 5.69 Å². The van der Waals surface area contributed by atoms with Crippen LogP contribution in [0.15, 0.2) is 41.4 Å². The summed E-state index contributed by atoms with van der Waals surface area (Å²) in [6, 6.07) is 7.89. The van der Waals surface area contributed by atoms with E-state index in [4.69, 9.17) is 4.74 Å². The van der Waals surface area contributed by atoms with Gasteiger partial charge in [0.1, 0.15) is 6.61 Å². The number of benzene rings is 1. The zero-order valence-electron chi connectivity index (χ0n) is 11.0. The van der Waals surface area contributed by atoms with E-state index in [1.165, 1.54) is 6.08 Å². The van der Waals surface area contributed by atoms with E-state index < -0.39 is 5.97 Å². The van der Waals surface area contributed by atoms with Gasteiger partial charge in [0.25, 0.3) is 0 Å². The first-order valence-corrected chi connectivity index (χ1v) is 6.83. The SMILES string of the molecule is C=CCOC(=O)c1nnn(Cc2ccc(Br)cc2)c1C. The van der Waals surface area contributed by atoms with Crippen LogP contribution in [0, 0.1) is 6.92 Å². The Labute approximate surface area is 125 Å². The molecule has 0 aliphatic rings. The summed E-state index contributed by atoms with van der Waals surface area (Å²) in [5.74, 6) is -0.482. The summed E-state index contributed by atoms with van der Waals surface area (Å²) in [5, 5.41) is 7.87. The Kier molecular flexibility index (Phi) is 4.68. The van der Waals surface area contributed by atoms with E-state index >= 15 is 0 Å². The zero-order chi connectivity index (χ0) is 14.5. The minimum atomic E-state index is -0.482. The van der Waals surface area contributed by atoms with Gasteiger partial charge in [-0.15, -0.1) is 5.10 Å². The van der Waals surface area contributed by atoms with Crippen molar-refractivity contribution in [1.82, 2.24) is 15.0 Å². The number of ether oxygens (including phenoxy) is 1. The number of halogens is 1. The van der Waals surface area contributed by atoms with Crippen molar-refractivity contribution >= 4 is 21.9 Å². The van der Waals surface area contributed by atoms with Crippen molar-refractivity contribution in [2.45, 2.75) is 13.5 Å². The predicted octanol–water partition coefficient (Wildman–Crippen LogP) is 2.74. The van der Waals surface area contributed by atoms with E-state index in [2.05, 4.69) is 32.8 Å². The van der Waals surface area contributed by atoms with Crippen LogP contribution in [-0.4, -0.2) is 27.6 Å². The van der Waals surface area contributed by atoms with Gasteiger partial charge in [-0.1, -0.05) is 45.9 Å². The number of rotatable bonds is 5. The van der Waals surface area contributed by atoms with Crippen molar-refractivity contribution in [1.29, 1.82) is 0 Å². The molecule has 0 unspecified atom stereocenters. The van der Waals surface area contributed by atoms with Gasteiger partial charge in [0.05, 0.1) is 12.2 Å². The van der Waals surface area contributed by atoms with Crippen LogP contribution in [0.3, 0.4) is 0 Å². The van der Waals surface area contributed by atoms with E-state index in [0.29, 0.717) is 12.2 Å². The van der Waals surface area contributed by atoms with Crippen molar-refractivity contribution in [3.63, 3.8) is 0 Å². The van der Waals surface area contributed by atoms with Crippen LogP contribution in [0.2, 0.25) is 0 Å². The van der Waals surface area contributed by atoms with Gasteiger partial charge >= 0.3 is 5.97 Å². The molecule has 104 valence electrons. The van der Waals surface area contributed by atoms with Crippen molar-refractivity contribution < 1.29 is 9.53 Å². The van der Waals surface area contributed by atoms with Crippen molar-refractivity contribution in [3.8, 4) is 0 Å².